The van der Waals surface area contributed by atoms with Gasteiger partial charge in [-0.15, -0.1) is 0 Å². The minimum Gasteiger partial charge on any atom is -0.488 e. The molecule has 0 unspecified atom stereocenters. The maximum absolute atomic E-state index is 5.98. The molecule has 0 saturated heterocycles. The van der Waals surface area contributed by atoms with Crippen LogP contribution in [0.1, 0.15) is 18.5 Å². The van der Waals surface area contributed by atoms with Crippen LogP contribution in [0.3, 0.4) is 0 Å². The van der Waals surface area contributed by atoms with Crippen molar-refractivity contribution in [2.24, 2.45) is 0 Å². The van der Waals surface area contributed by atoms with E-state index < -0.39 is 0 Å². The van der Waals surface area contributed by atoms with E-state index in [1.165, 1.54) is 0 Å². The molecule has 0 radical (unpaired) electrons. The Morgan fingerprint density at radius 1 is 1.33 bits per heavy atom. The number of methoxy groups -OCH3 is 1. The monoisotopic (exact) mass is 314 g/mol. The van der Waals surface area contributed by atoms with Gasteiger partial charge in [-0.25, -0.2) is 4.98 Å². The average molecular weight is 315 g/mol. The third kappa shape index (κ3) is 3.43. The van der Waals surface area contributed by atoms with Gasteiger partial charge >= 0.3 is 0 Å². The molecule has 2 rings (SSSR count). The molecule has 18 heavy (non-hydrogen) atoms. The van der Waals surface area contributed by atoms with Crippen molar-refractivity contribution in [3.63, 3.8) is 0 Å². The molecular weight excluding hydrogens is 296 g/mol. The van der Waals surface area contributed by atoms with Gasteiger partial charge in [0.15, 0.2) is 0 Å². The van der Waals surface area contributed by atoms with Gasteiger partial charge in [0.1, 0.15) is 16.5 Å². The second-order valence-corrected chi connectivity index (χ2v) is 5.70. The normalized spacial score (nSPS) is 22.9. The van der Waals surface area contributed by atoms with Crippen LogP contribution in [0.4, 0.5) is 0 Å². The van der Waals surface area contributed by atoms with E-state index in [4.69, 9.17) is 9.47 Å². The number of halogens is 1. The van der Waals surface area contributed by atoms with Gasteiger partial charge in [0, 0.05) is 26.5 Å². The van der Waals surface area contributed by atoms with Crippen molar-refractivity contribution in [1.29, 1.82) is 0 Å². The third-order valence-electron chi connectivity index (χ3n) is 3.04. The second kappa shape index (κ2) is 5.99. The van der Waals surface area contributed by atoms with Crippen LogP contribution < -0.4 is 4.74 Å². The van der Waals surface area contributed by atoms with E-state index in [0.29, 0.717) is 6.10 Å². The number of rotatable bonds is 5. The number of hydrogen-bond donors (Lipinski definition) is 0. The Morgan fingerprint density at radius 3 is 2.67 bits per heavy atom. The molecule has 0 bridgehead atoms. The lowest BCUT2D eigenvalue weighted by molar-refractivity contribution is -0.0387. The minimum atomic E-state index is 0.263. The summed E-state index contributed by atoms with van der Waals surface area (Å²) in [5, 5.41) is 0. The van der Waals surface area contributed by atoms with E-state index in [1.54, 1.807) is 7.11 Å². The van der Waals surface area contributed by atoms with Crippen molar-refractivity contribution in [3.05, 3.63) is 22.4 Å². The van der Waals surface area contributed by atoms with E-state index >= 15 is 0 Å². The first-order valence-corrected chi connectivity index (χ1v) is 6.87. The highest BCUT2D eigenvalue weighted by Crippen LogP contribution is 2.30. The molecule has 1 aromatic rings. The molecule has 0 atom stereocenters. The summed E-state index contributed by atoms with van der Waals surface area (Å²) in [6, 6.07) is 3.90. The number of ether oxygens (including phenoxy) is 2. The van der Waals surface area contributed by atoms with E-state index in [2.05, 4.69) is 25.8 Å². The summed E-state index contributed by atoms with van der Waals surface area (Å²) >= 11 is 3.40. The third-order valence-corrected chi connectivity index (χ3v) is 3.48. The lowest BCUT2D eigenvalue weighted by atomic mass is 9.92. The molecule has 4 nitrogen and oxygen atoms in total. The van der Waals surface area contributed by atoms with E-state index in [0.717, 1.165) is 35.4 Å². The standard InChI is InChI=1S/C13H19BrN2O2/c1-16(2)8-11-12(4-5-13(14)15-11)18-10-6-9(7-10)17-3/h4-5,9-10H,6-8H2,1-3H3. The van der Waals surface area contributed by atoms with Gasteiger partial charge in [-0.2, -0.15) is 0 Å². The molecular formula is C13H19BrN2O2. The van der Waals surface area contributed by atoms with E-state index in [9.17, 15) is 0 Å². The summed E-state index contributed by atoms with van der Waals surface area (Å²) in [6.07, 6.45) is 2.55. The zero-order valence-corrected chi connectivity index (χ0v) is 12.6. The first-order valence-electron chi connectivity index (χ1n) is 6.08. The first kappa shape index (κ1) is 13.8. The summed E-state index contributed by atoms with van der Waals surface area (Å²) in [5.74, 6) is 0.881. The van der Waals surface area contributed by atoms with Gasteiger partial charge < -0.3 is 14.4 Å². The maximum Gasteiger partial charge on any atom is 0.142 e. The highest BCUT2D eigenvalue weighted by atomic mass is 79.9. The average Bonchev–Trinajstić information content (AvgIpc) is 2.24. The molecule has 100 valence electrons. The molecule has 1 aliphatic rings. The molecule has 0 spiro atoms. The fourth-order valence-electron chi connectivity index (χ4n) is 1.97. The Balaban J connectivity index is 2.03. The second-order valence-electron chi connectivity index (χ2n) is 4.89. The van der Waals surface area contributed by atoms with E-state index in [-0.39, 0.29) is 6.10 Å². The number of aromatic nitrogens is 1. The van der Waals surface area contributed by atoms with Crippen LogP contribution in [0.5, 0.6) is 5.75 Å². The topological polar surface area (TPSA) is 34.6 Å². The van der Waals surface area contributed by atoms with Crippen molar-refractivity contribution in [2.45, 2.75) is 31.6 Å². The summed E-state index contributed by atoms with van der Waals surface area (Å²) in [6.45, 7) is 0.773. The molecule has 1 aliphatic carbocycles. The van der Waals surface area contributed by atoms with Gasteiger partial charge in [-0.1, -0.05) is 0 Å². The Hall–Kier alpha value is -0.650. The van der Waals surface area contributed by atoms with Crippen LogP contribution >= 0.6 is 15.9 Å². The summed E-state index contributed by atoms with van der Waals surface area (Å²) in [7, 11) is 5.80. The van der Waals surface area contributed by atoms with Crippen LogP contribution in [-0.4, -0.2) is 43.3 Å². The molecule has 1 fully saturated rings. The Bertz CT molecular complexity index is 406. The van der Waals surface area contributed by atoms with Gasteiger partial charge in [-0.3, -0.25) is 0 Å². The zero-order valence-electron chi connectivity index (χ0n) is 11.0. The van der Waals surface area contributed by atoms with Crippen LogP contribution in [-0.2, 0) is 11.3 Å². The van der Waals surface area contributed by atoms with Gasteiger partial charge in [0.25, 0.3) is 0 Å². The molecule has 0 aliphatic heterocycles. The summed E-state index contributed by atoms with van der Waals surface area (Å²) in [5.41, 5.74) is 0.968. The van der Waals surface area contributed by atoms with Crippen LogP contribution in [0.2, 0.25) is 0 Å². The predicted molar refractivity (Wildman–Crippen MR) is 73.8 cm³/mol. The van der Waals surface area contributed by atoms with Crippen molar-refractivity contribution in [1.82, 2.24) is 9.88 Å². The van der Waals surface area contributed by atoms with E-state index in [1.807, 2.05) is 26.2 Å². The molecule has 0 aromatic carbocycles. The molecule has 0 amide bonds. The zero-order chi connectivity index (χ0) is 13.1. The lowest BCUT2D eigenvalue weighted by Gasteiger charge is -2.34. The predicted octanol–water partition coefficient (Wildman–Crippen LogP) is 2.46. The SMILES string of the molecule is COC1CC(Oc2ccc(Br)nc2CN(C)C)C1. The van der Waals surface area contributed by atoms with Crippen LogP contribution in [0.25, 0.3) is 0 Å². The highest BCUT2D eigenvalue weighted by molar-refractivity contribution is 9.10. The van der Waals surface area contributed by atoms with Crippen LogP contribution in [0, 0.1) is 0 Å². The van der Waals surface area contributed by atoms with Gasteiger partial charge in [0.2, 0.25) is 0 Å². The molecule has 1 heterocycles. The largest absolute Gasteiger partial charge is 0.488 e. The molecule has 0 N–H and O–H groups in total. The van der Waals surface area contributed by atoms with Crippen molar-refractivity contribution in [3.8, 4) is 5.75 Å². The number of hydrogen-bond acceptors (Lipinski definition) is 4. The van der Waals surface area contributed by atoms with Crippen molar-refractivity contribution >= 4 is 15.9 Å². The Morgan fingerprint density at radius 2 is 2.06 bits per heavy atom. The van der Waals surface area contributed by atoms with Gasteiger partial charge in [-0.05, 0) is 42.2 Å². The van der Waals surface area contributed by atoms with Crippen molar-refractivity contribution < 1.29 is 9.47 Å². The number of nitrogens with zero attached hydrogens (tertiary/aromatic N) is 2. The molecule has 1 saturated carbocycles. The lowest BCUT2D eigenvalue weighted by Crippen LogP contribution is -2.39. The maximum atomic E-state index is 5.98. The highest BCUT2D eigenvalue weighted by Gasteiger charge is 2.31. The Kier molecular flexibility index (Phi) is 4.59. The smallest absolute Gasteiger partial charge is 0.142 e. The first-order chi connectivity index (χ1) is 8.58. The quantitative estimate of drug-likeness (QED) is 0.782. The molecule has 5 heteroatoms. The van der Waals surface area contributed by atoms with Gasteiger partial charge in [0.05, 0.1) is 11.8 Å². The summed E-state index contributed by atoms with van der Waals surface area (Å²) < 4.78 is 12.1. The minimum absolute atomic E-state index is 0.263. The van der Waals surface area contributed by atoms with Crippen molar-refractivity contribution in [2.75, 3.05) is 21.2 Å². The van der Waals surface area contributed by atoms with Crippen LogP contribution in [0.15, 0.2) is 16.7 Å². The Labute approximate surface area is 116 Å². The fraction of sp³-hybridized carbons (Fsp3) is 0.615. The number of pyridine rings is 1. The molecule has 1 aromatic heterocycles. The fourth-order valence-corrected chi connectivity index (χ4v) is 2.31. The summed E-state index contributed by atoms with van der Waals surface area (Å²) in [4.78, 5) is 6.57.